The first-order chi connectivity index (χ1) is 9.40. The summed E-state index contributed by atoms with van der Waals surface area (Å²) in [7, 11) is 1.58. The van der Waals surface area contributed by atoms with Gasteiger partial charge in [-0.15, -0.1) is 0 Å². The summed E-state index contributed by atoms with van der Waals surface area (Å²) in [5, 5.41) is 3.12. The monoisotopic (exact) mass is 302 g/mol. The van der Waals surface area contributed by atoms with Crippen molar-refractivity contribution >= 4 is 16.5 Å². The maximum Gasteiger partial charge on any atom is 0.427 e. The van der Waals surface area contributed by atoms with Crippen molar-refractivity contribution in [1.29, 1.82) is 0 Å². The molecule has 20 heavy (non-hydrogen) atoms. The Morgan fingerprint density at radius 3 is 2.70 bits per heavy atom. The fourth-order valence-corrected chi connectivity index (χ4v) is 2.32. The maximum atomic E-state index is 12.4. The van der Waals surface area contributed by atoms with Gasteiger partial charge < -0.3 is 10.1 Å². The smallest absolute Gasteiger partial charge is 0.427 e. The number of nitrogens with one attached hydrogen (secondary N) is 1. The van der Waals surface area contributed by atoms with Gasteiger partial charge in [0.25, 0.3) is 0 Å². The number of methoxy groups -OCH3 is 1. The van der Waals surface area contributed by atoms with E-state index >= 15 is 0 Å². The molecule has 0 fully saturated rings. The van der Waals surface area contributed by atoms with Gasteiger partial charge in [-0.1, -0.05) is 23.5 Å². The molecule has 0 spiro atoms. The van der Waals surface area contributed by atoms with Crippen molar-refractivity contribution in [3.8, 4) is 5.75 Å². The molecule has 0 unspecified atom stereocenters. The van der Waals surface area contributed by atoms with E-state index in [1.165, 1.54) is 0 Å². The Labute approximate surface area is 118 Å². The predicted molar refractivity (Wildman–Crippen MR) is 72.2 cm³/mol. The van der Waals surface area contributed by atoms with Gasteiger partial charge in [-0.25, -0.2) is 4.98 Å². The zero-order valence-corrected chi connectivity index (χ0v) is 11.7. The van der Waals surface area contributed by atoms with Gasteiger partial charge in [-0.3, -0.25) is 0 Å². The highest BCUT2D eigenvalue weighted by Crippen LogP contribution is 2.35. The van der Waals surface area contributed by atoms with E-state index < -0.39 is 11.1 Å². The van der Waals surface area contributed by atoms with E-state index in [-0.39, 0.29) is 5.13 Å². The van der Waals surface area contributed by atoms with Crippen LogP contribution in [0.3, 0.4) is 0 Å². The highest BCUT2D eigenvalue weighted by atomic mass is 32.1. The Balaban J connectivity index is 2.04. The SMILES string of the molecule is COc1cc(CNc2ncc(C(F)(F)F)s2)ccc1C. The lowest BCUT2D eigenvalue weighted by molar-refractivity contribution is -0.134. The van der Waals surface area contributed by atoms with Crippen LogP contribution in [0.4, 0.5) is 18.3 Å². The van der Waals surface area contributed by atoms with Gasteiger partial charge in [-0.2, -0.15) is 13.2 Å². The molecule has 0 saturated heterocycles. The molecule has 2 rings (SSSR count). The minimum Gasteiger partial charge on any atom is -0.496 e. The lowest BCUT2D eigenvalue weighted by Crippen LogP contribution is -2.01. The summed E-state index contributed by atoms with van der Waals surface area (Å²) in [6, 6.07) is 5.64. The molecule has 0 aliphatic heterocycles. The third kappa shape index (κ3) is 3.41. The molecule has 0 atom stereocenters. The van der Waals surface area contributed by atoms with Crippen LogP contribution in [0.25, 0.3) is 0 Å². The quantitative estimate of drug-likeness (QED) is 0.923. The second-order valence-corrected chi connectivity index (χ2v) is 5.22. The minimum atomic E-state index is -4.34. The minimum absolute atomic E-state index is 0.247. The van der Waals surface area contributed by atoms with Crippen LogP contribution in [0.15, 0.2) is 24.4 Å². The maximum absolute atomic E-state index is 12.4. The number of alkyl halides is 3. The van der Waals surface area contributed by atoms with Crippen molar-refractivity contribution in [2.45, 2.75) is 19.6 Å². The van der Waals surface area contributed by atoms with Crippen molar-refractivity contribution in [2.24, 2.45) is 0 Å². The van der Waals surface area contributed by atoms with Gasteiger partial charge in [0.05, 0.1) is 13.3 Å². The molecule has 1 N–H and O–H groups in total. The highest BCUT2D eigenvalue weighted by molar-refractivity contribution is 7.15. The topological polar surface area (TPSA) is 34.1 Å². The fraction of sp³-hybridized carbons (Fsp3) is 0.308. The average molecular weight is 302 g/mol. The van der Waals surface area contributed by atoms with Crippen LogP contribution in [0.1, 0.15) is 16.0 Å². The first-order valence-corrected chi connectivity index (χ1v) is 6.62. The summed E-state index contributed by atoms with van der Waals surface area (Å²) < 4.78 is 42.5. The summed E-state index contributed by atoms with van der Waals surface area (Å²) in [5.41, 5.74) is 1.92. The number of nitrogens with zero attached hydrogens (tertiary/aromatic N) is 1. The first kappa shape index (κ1) is 14.6. The summed E-state index contributed by atoms with van der Waals surface area (Å²) in [4.78, 5) is 3.01. The molecule has 1 aromatic heterocycles. The molecule has 1 aromatic carbocycles. The summed E-state index contributed by atoms with van der Waals surface area (Å²) >= 11 is 0.594. The molecule has 108 valence electrons. The molecule has 3 nitrogen and oxygen atoms in total. The van der Waals surface area contributed by atoms with Gasteiger partial charge in [0.2, 0.25) is 0 Å². The van der Waals surface area contributed by atoms with E-state index in [1.54, 1.807) is 7.11 Å². The Morgan fingerprint density at radius 1 is 1.35 bits per heavy atom. The predicted octanol–water partition coefficient (Wildman–Crippen LogP) is 4.09. The van der Waals surface area contributed by atoms with Gasteiger partial charge in [0.1, 0.15) is 10.6 Å². The zero-order valence-electron chi connectivity index (χ0n) is 10.9. The summed E-state index contributed by atoms with van der Waals surface area (Å²) in [6.07, 6.45) is -3.51. The van der Waals surface area contributed by atoms with Crippen LogP contribution in [0, 0.1) is 6.92 Å². The normalized spacial score (nSPS) is 11.4. The van der Waals surface area contributed by atoms with Crippen LogP contribution in [0.2, 0.25) is 0 Å². The number of thiazole rings is 1. The Kier molecular flexibility index (Phi) is 4.17. The molecule has 2 aromatic rings. The van der Waals surface area contributed by atoms with Gasteiger partial charge in [0, 0.05) is 6.54 Å². The van der Waals surface area contributed by atoms with Crippen LogP contribution >= 0.6 is 11.3 Å². The van der Waals surface area contributed by atoms with E-state index in [0.717, 1.165) is 23.1 Å². The molecule has 1 heterocycles. The molecule has 0 saturated carbocycles. The number of halogens is 3. The van der Waals surface area contributed by atoms with Crippen LogP contribution in [-0.4, -0.2) is 12.1 Å². The number of aryl methyl sites for hydroxylation is 1. The van der Waals surface area contributed by atoms with Gasteiger partial charge >= 0.3 is 6.18 Å². The molecule has 0 aliphatic rings. The van der Waals surface area contributed by atoms with Gasteiger partial charge in [-0.05, 0) is 24.1 Å². The number of aromatic nitrogens is 1. The average Bonchev–Trinajstić information content (AvgIpc) is 2.86. The molecular formula is C13H13F3N2OS. The first-order valence-electron chi connectivity index (χ1n) is 5.80. The fourth-order valence-electron chi connectivity index (χ4n) is 1.64. The van der Waals surface area contributed by atoms with Crippen LogP contribution in [0.5, 0.6) is 5.75 Å². The summed E-state index contributed by atoms with van der Waals surface area (Å²) in [5.74, 6) is 0.749. The number of ether oxygens (including phenoxy) is 1. The molecule has 0 radical (unpaired) electrons. The molecular weight excluding hydrogens is 289 g/mol. The highest BCUT2D eigenvalue weighted by Gasteiger charge is 2.33. The zero-order chi connectivity index (χ0) is 14.8. The molecule has 0 amide bonds. The van der Waals surface area contributed by atoms with E-state index in [9.17, 15) is 13.2 Å². The third-order valence-electron chi connectivity index (χ3n) is 2.70. The Hall–Kier alpha value is -1.76. The Morgan fingerprint density at radius 2 is 2.10 bits per heavy atom. The second kappa shape index (κ2) is 5.70. The number of benzene rings is 1. The van der Waals surface area contributed by atoms with Crippen molar-refractivity contribution < 1.29 is 17.9 Å². The summed E-state index contributed by atoms with van der Waals surface area (Å²) in [6.45, 7) is 2.31. The van der Waals surface area contributed by atoms with E-state index in [0.29, 0.717) is 17.9 Å². The van der Waals surface area contributed by atoms with Gasteiger partial charge in [0.15, 0.2) is 5.13 Å². The number of rotatable bonds is 4. The van der Waals surface area contributed by atoms with E-state index in [4.69, 9.17) is 4.74 Å². The number of anilines is 1. The van der Waals surface area contributed by atoms with E-state index in [2.05, 4.69) is 10.3 Å². The Bertz CT molecular complexity index is 596. The lowest BCUT2D eigenvalue weighted by atomic mass is 10.1. The third-order valence-corrected chi connectivity index (χ3v) is 3.70. The standard InChI is InChI=1S/C13H13F3N2OS/c1-8-3-4-9(5-10(8)19-2)6-17-12-18-7-11(20-12)13(14,15)16/h3-5,7H,6H2,1-2H3,(H,17,18). The molecule has 7 heteroatoms. The number of hydrogen-bond donors (Lipinski definition) is 1. The number of hydrogen-bond acceptors (Lipinski definition) is 4. The van der Waals surface area contributed by atoms with Crippen molar-refractivity contribution in [2.75, 3.05) is 12.4 Å². The van der Waals surface area contributed by atoms with Crippen molar-refractivity contribution in [1.82, 2.24) is 4.98 Å². The van der Waals surface area contributed by atoms with Crippen molar-refractivity contribution in [3.05, 3.63) is 40.4 Å². The molecule has 0 aliphatic carbocycles. The molecule has 0 bridgehead atoms. The largest absolute Gasteiger partial charge is 0.496 e. The lowest BCUT2D eigenvalue weighted by Gasteiger charge is -2.08. The van der Waals surface area contributed by atoms with Crippen LogP contribution < -0.4 is 10.1 Å². The van der Waals surface area contributed by atoms with E-state index in [1.807, 2.05) is 25.1 Å². The van der Waals surface area contributed by atoms with Crippen LogP contribution in [-0.2, 0) is 12.7 Å². The van der Waals surface area contributed by atoms with Crippen molar-refractivity contribution in [3.63, 3.8) is 0 Å². The second-order valence-electron chi connectivity index (χ2n) is 4.18.